The Balaban J connectivity index is 2.24. The van der Waals surface area contributed by atoms with Crippen LogP contribution in [0.15, 0.2) is 46.2 Å². The molecule has 2 aromatic heterocycles. The third-order valence-electron chi connectivity index (χ3n) is 2.99. The van der Waals surface area contributed by atoms with Gasteiger partial charge < -0.3 is 15.1 Å². The summed E-state index contributed by atoms with van der Waals surface area (Å²) >= 11 is 6.11. The van der Waals surface area contributed by atoms with Crippen molar-refractivity contribution in [1.82, 2.24) is 9.97 Å². The Morgan fingerprint density at radius 2 is 2.27 bits per heavy atom. The van der Waals surface area contributed by atoms with Crippen LogP contribution in [0.25, 0.3) is 11.5 Å². The first-order chi connectivity index (χ1) is 10.6. The summed E-state index contributed by atoms with van der Waals surface area (Å²) in [5.74, 6) is 0.148. The molecule has 0 radical (unpaired) electrons. The highest BCUT2D eigenvalue weighted by Gasteiger charge is 2.31. The summed E-state index contributed by atoms with van der Waals surface area (Å²) in [7, 11) is 0. The van der Waals surface area contributed by atoms with Crippen LogP contribution in [-0.4, -0.2) is 21.4 Å². The molecule has 112 valence electrons. The zero-order valence-corrected chi connectivity index (χ0v) is 11.9. The Morgan fingerprint density at radius 1 is 1.45 bits per heavy atom. The number of halogens is 1. The lowest BCUT2D eigenvalue weighted by Crippen LogP contribution is -2.24. The molecule has 2 aromatic rings. The van der Waals surface area contributed by atoms with Crippen LogP contribution in [0.5, 0.6) is 0 Å². The highest BCUT2D eigenvalue weighted by molar-refractivity contribution is 6.31. The maximum absolute atomic E-state index is 11.5. The average molecular weight is 320 g/mol. The Morgan fingerprint density at radius 3 is 2.91 bits per heavy atom. The van der Waals surface area contributed by atoms with E-state index in [1.54, 1.807) is 30.4 Å². The topological polar surface area (TPSA) is 111 Å². The summed E-state index contributed by atoms with van der Waals surface area (Å²) < 4.78 is 5.20. The quantitative estimate of drug-likeness (QED) is 0.526. The van der Waals surface area contributed by atoms with Crippen LogP contribution in [-0.2, 0) is 0 Å². The van der Waals surface area contributed by atoms with E-state index in [1.165, 1.54) is 11.2 Å². The first kappa shape index (κ1) is 14.1. The van der Waals surface area contributed by atoms with Crippen LogP contribution in [0.2, 0.25) is 0 Å². The summed E-state index contributed by atoms with van der Waals surface area (Å²) in [5.41, 5.74) is 5.39. The number of allylic oxidation sites excluding steroid dienone is 2. The van der Waals surface area contributed by atoms with Gasteiger partial charge in [-0.2, -0.15) is 4.98 Å². The standard InChI is InChI=1S/C13H10ClN5O3/c14-9-5-1-2-6-18(9)12-11(19(20)21)10(16-13(15)17-12)8-4-3-7-22-8/h1-5,7H,6H2,(H2,15,16,17). The summed E-state index contributed by atoms with van der Waals surface area (Å²) in [6.07, 6.45) is 6.55. The molecule has 3 heterocycles. The molecule has 1 aliphatic heterocycles. The van der Waals surface area contributed by atoms with Crippen molar-refractivity contribution in [1.29, 1.82) is 0 Å². The van der Waals surface area contributed by atoms with Crippen LogP contribution >= 0.6 is 11.6 Å². The van der Waals surface area contributed by atoms with Gasteiger partial charge in [0.15, 0.2) is 11.5 Å². The number of nitro groups is 1. The third kappa shape index (κ3) is 2.40. The first-order valence-electron chi connectivity index (χ1n) is 6.23. The predicted molar refractivity (Wildman–Crippen MR) is 81.2 cm³/mol. The number of furan rings is 1. The van der Waals surface area contributed by atoms with Gasteiger partial charge in [-0.05, 0) is 18.2 Å². The molecule has 0 bridgehead atoms. The maximum Gasteiger partial charge on any atom is 0.341 e. The van der Waals surface area contributed by atoms with Crippen molar-refractivity contribution in [3.8, 4) is 11.5 Å². The van der Waals surface area contributed by atoms with Gasteiger partial charge in [0, 0.05) is 6.54 Å². The fourth-order valence-electron chi connectivity index (χ4n) is 2.08. The van der Waals surface area contributed by atoms with Crippen LogP contribution in [0.1, 0.15) is 0 Å². The van der Waals surface area contributed by atoms with Crippen LogP contribution < -0.4 is 10.6 Å². The van der Waals surface area contributed by atoms with Crippen molar-refractivity contribution in [2.24, 2.45) is 0 Å². The number of hydrogen-bond acceptors (Lipinski definition) is 7. The lowest BCUT2D eigenvalue weighted by atomic mass is 10.2. The van der Waals surface area contributed by atoms with Crippen LogP contribution in [0.3, 0.4) is 0 Å². The van der Waals surface area contributed by atoms with Gasteiger partial charge in [-0.3, -0.25) is 10.1 Å². The highest BCUT2D eigenvalue weighted by atomic mass is 35.5. The predicted octanol–water partition coefficient (Wildman–Crippen LogP) is 2.68. The number of nitrogen functional groups attached to an aromatic ring is 1. The van der Waals surface area contributed by atoms with Crippen molar-refractivity contribution >= 4 is 29.1 Å². The van der Waals surface area contributed by atoms with Gasteiger partial charge in [0.25, 0.3) is 0 Å². The van der Waals surface area contributed by atoms with Crippen molar-refractivity contribution in [2.75, 3.05) is 17.2 Å². The minimum atomic E-state index is -0.574. The van der Waals surface area contributed by atoms with Crippen molar-refractivity contribution in [3.63, 3.8) is 0 Å². The van der Waals surface area contributed by atoms with E-state index in [0.29, 0.717) is 11.7 Å². The fourth-order valence-corrected chi connectivity index (χ4v) is 2.30. The molecule has 3 rings (SSSR count). The number of rotatable bonds is 3. The Bertz CT molecular complexity index is 785. The Kier molecular flexibility index (Phi) is 3.51. The number of aromatic nitrogens is 2. The molecule has 0 saturated carbocycles. The van der Waals surface area contributed by atoms with Gasteiger partial charge in [-0.1, -0.05) is 23.8 Å². The minimum absolute atomic E-state index is 0.0107. The molecule has 0 aromatic carbocycles. The molecule has 0 atom stereocenters. The smallest absolute Gasteiger partial charge is 0.341 e. The van der Waals surface area contributed by atoms with E-state index in [9.17, 15) is 10.1 Å². The van der Waals surface area contributed by atoms with E-state index < -0.39 is 4.92 Å². The van der Waals surface area contributed by atoms with Gasteiger partial charge in [-0.25, -0.2) is 4.98 Å². The molecular weight excluding hydrogens is 310 g/mol. The molecule has 0 aliphatic carbocycles. The molecule has 22 heavy (non-hydrogen) atoms. The van der Waals surface area contributed by atoms with E-state index in [1.807, 2.05) is 0 Å². The molecular formula is C13H10ClN5O3. The fraction of sp³-hybridized carbons (Fsp3) is 0.0769. The first-order valence-corrected chi connectivity index (χ1v) is 6.61. The second kappa shape index (κ2) is 5.49. The van der Waals surface area contributed by atoms with Gasteiger partial charge in [0.1, 0.15) is 5.16 Å². The molecule has 1 aliphatic rings. The SMILES string of the molecule is Nc1nc(-c2ccco2)c([N+](=O)[O-])c(N2CC=CC=C2Cl)n1. The third-order valence-corrected chi connectivity index (χ3v) is 3.32. The molecule has 0 unspecified atom stereocenters. The normalized spacial score (nSPS) is 14.0. The molecule has 9 heteroatoms. The lowest BCUT2D eigenvalue weighted by Gasteiger charge is -2.23. The molecule has 0 saturated heterocycles. The number of nitrogens with zero attached hydrogens (tertiary/aromatic N) is 4. The van der Waals surface area contributed by atoms with E-state index in [-0.39, 0.29) is 28.9 Å². The monoisotopic (exact) mass is 319 g/mol. The second-order valence-corrected chi connectivity index (χ2v) is 4.75. The van der Waals surface area contributed by atoms with Gasteiger partial charge >= 0.3 is 5.69 Å². The minimum Gasteiger partial charge on any atom is -0.462 e. The van der Waals surface area contributed by atoms with Gasteiger partial charge in [0.05, 0.1) is 11.2 Å². The van der Waals surface area contributed by atoms with E-state index in [2.05, 4.69) is 9.97 Å². The van der Waals surface area contributed by atoms with E-state index in [0.717, 1.165) is 0 Å². The number of nitrogens with two attached hydrogens (primary N) is 1. The van der Waals surface area contributed by atoms with Gasteiger partial charge in [-0.15, -0.1) is 0 Å². The maximum atomic E-state index is 11.5. The van der Waals surface area contributed by atoms with Crippen molar-refractivity contribution < 1.29 is 9.34 Å². The summed E-state index contributed by atoms with van der Waals surface area (Å²) in [6.45, 7) is 0.338. The van der Waals surface area contributed by atoms with Crippen molar-refractivity contribution in [2.45, 2.75) is 0 Å². The van der Waals surface area contributed by atoms with E-state index in [4.69, 9.17) is 21.8 Å². The Hall–Kier alpha value is -2.87. The molecule has 0 fully saturated rings. The number of hydrogen-bond donors (Lipinski definition) is 1. The molecule has 0 spiro atoms. The molecule has 0 amide bonds. The second-order valence-electron chi connectivity index (χ2n) is 4.37. The highest BCUT2D eigenvalue weighted by Crippen LogP contribution is 2.38. The molecule has 8 nitrogen and oxygen atoms in total. The largest absolute Gasteiger partial charge is 0.462 e. The zero-order valence-electron chi connectivity index (χ0n) is 11.1. The summed E-state index contributed by atoms with van der Waals surface area (Å²) in [6, 6.07) is 3.17. The average Bonchev–Trinajstić information content (AvgIpc) is 3.00. The summed E-state index contributed by atoms with van der Waals surface area (Å²) in [5, 5.41) is 11.8. The van der Waals surface area contributed by atoms with E-state index >= 15 is 0 Å². The van der Waals surface area contributed by atoms with Gasteiger partial charge in [0.2, 0.25) is 11.8 Å². The number of anilines is 2. The van der Waals surface area contributed by atoms with Crippen LogP contribution in [0.4, 0.5) is 17.5 Å². The molecule has 2 N–H and O–H groups in total. The summed E-state index contributed by atoms with van der Waals surface area (Å²) in [4.78, 5) is 20.4. The van der Waals surface area contributed by atoms with Crippen molar-refractivity contribution in [3.05, 3.63) is 51.9 Å². The zero-order chi connectivity index (χ0) is 15.7. The Labute approximate surface area is 129 Å². The van der Waals surface area contributed by atoms with Crippen LogP contribution in [0, 0.1) is 10.1 Å². The lowest BCUT2D eigenvalue weighted by molar-refractivity contribution is -0.383.